The summed E-state index contributed by atoms with van der Waals surface area (Å²) in [6.45, 7) is 12.0. The smallest absolute Gasteiger partial charge is 0.0431 e. The van der Waals surface area contributed by atoms with Gasteiger partial charge < -0.3 is 5.11 Å². The van der Waals surface area contributed by atoms with Crippen LogP contribution in [0.3, 0.4) is 0 Å². The first kappa shape index (κ1) is 14.0. The van der Waals surface area contributed by atoms with Gasteiger partial charge in [-0.3, -0.25) is 0 Å². The van der Waals surface area contributed by atoms with Gasteiger partial charge in [-0.2, -0.15) is 0 Å². The molecule has 0 aliphatic carbocycles. The Morgan fingerprint density at radius 3 is 1.93 bits per heavy atom. The maximum absolute atomic E-state index is 8.78. The van der Waals surface area contributed by atoms with Crippen molar-refractivity contribution in [2.45, 2.75) is 53.9 Å². The van der Waals surface area contributed by atoms with E-state index >= 15 is 0 Å². The predicted octanol–water partition coefficient (Wildman–Crippen LogP) is 3.71. The van der Waals surface area contributed by atoms with Gasteiger partial charge in [0, 0.05) is 6.61 Å². The van der Waals surface area contributed by atoms with Crippen molar-refractivity contribution in [3.05, 3.63) is 0 Å². The van der Waals surface area contributed by atoms with Gasteiger partial charge in [-0.1, -0.05) is 34.6 Å². The van der Waals surface area contributed by atoms with Crippen LogP contribution < -0.4 is 0 Å². The molecule has 0 aromatic heterocycles. The Labute approximate surface area is 89.9 Å². The van der Waals surface area contributed by atoms with Crippen molar-refractivity contribution in [2.75, 3.05) is 6.61 Å². The Morgan fingerprint density at radius 2 is 1.50 bits per heavy atom. The van der Waals surface area contributed by atoms with Gasteiger partial charge in [0.05, 0.1) is 0 Å². The first-order valence-corrected chi connectivity index (χ1v) is 6.09. The molecule has 1 heteroatoms. The normalized spacial score (nSPS) is 18.2. The van der Waals surface area contributed by atoms with Crippen molar-refractivity contribution in [1.29, 1.82) is 0 Å². The minimum Gasteiger partial charge on any atom is -0.396 e. The maximum atomic E-state index is 8.78. The molecule has 0 aromatic carbocycles. The van der Waals surface area contributed by atoms with Crippen LogP contribution in [0.25, 0.3) is 0 Å². The molecule has 0 bridgehead atoms. The zero-order valence-corrected chi connectivity index (χ0v) is 10.6. The van der Waals surface area contributed by atoms with Crippen LogP contribution in [0.15, 0.2) is 0 Å². The SMILES string of the molecule is CC(C)CC(C)C(C)C(C)CCCO. The summed E-state index contributed by atoms with van der Waals surface area (Å²) < 4.78 is 0. The third-order valence-electron chi connectivity index (χ3n) is 3.46. The number of hydrogen-bond donors (Lipinski definition) is 1. The summed E-state index contributed by atoms with van der Waals surface area (Å²) in [5.74, 6) is 3.14. The Balaban J connectivity index is 3.84. The van der Waals surface area contributed by atoms with Gasteiger partial charge in [0.2, 0.25) is 0 Å². The molecule has 0 rings (SSSR count). The predicted molar refractivity (Wildman–Crippen MR) is 63.3 cm³/mol. The van der Waals surface area contributed by atoms with Gasteiger partial charge in [0.25, 0.3) is 0 Å². The lowest BCUT2D eigenvalue weighted by atomic mass is 9.79. The summed E-state index contributed by atoms with van der Waals surface area (Å²) in [7, 11) is 0. The average Bonchev–Trinajstić information content (AvgIpc) is 2.11. The topological polar surface area (TPSA) is 20.2 Å². The van der Waals surface area contributed by atoms with E-state index in [1.807, 2.05) is 0 Å². The highest BCUT2D eigenvalue weighted by Gasteiger charge is 2.19. The van der Waals surface area contributed by atoms with Crippen molar-refractivity contribution in [2.24, 2.45) is 23.7 Å². The molecule has 0 saturated heterocycles. The Kier molecular flexibility index (Phi) is 7.26. The standard InChI is InChI=1S/C13H28O/c1-10(2)9-12(4)13(5)11(3)7-6-8-14/h10-14H,6-9H2,1-5H3. The highest BCUT2D eigenvalue weighted by Crippen LogP contribution is 2.28. The van der Waals surface area contributed by atoms with Crippen LogP contribution in [0.1, 0.15) is 53.9 Å². The van der Waals surface area contributed by atoms with E-state index in [2.05, 4.69) is 34.6 Å². The highest BCUT2D eigenvalue weighted by molar-refractivity contribution is 4.69. The van der Waals surface area contributed by atoms with E-state index < -0.39 is 0 Å². The Hall–Kier alpha value is -0.0400. The molecule has 0 amide bonds. The molecule has 0 aromatic rings. The second-order valence-corrected chi connectivity index (χ2v) is 5.31. The van der Waals surface area contributed by atoms with Gasteiger partial charge in [-0.05, 0) is 42.9 Å². The molecule has 3 atom stereocenters. The summed E-state index contributed by atoms with van der Waals surface area (Å²) in [6, 6.07) is 0. The van der Waals surface area contributed by atoms with E-state index in [0.29, 0.717) is 6.61 Å². The van der Waals surface area contributed by atoms with Crippen LogP contribution in [0.5, 0.6) is 0 Å². The molecule has 0 radical (unpaired) electrons. The molecule has 0 heterocycles. The van der Waals surface area contributed by atoms with Crippen LogP contribution in [-0.2, 0) is 0 Å². The monoisotopic (exact) mass is 200 g/mol. The zero-order chi connectivity index (χ0) is 11.1. The van der Waals surface area contributed by atoms with E-state index in [4.69, 9.17) is 5.11 Å². The fourth-order valence-corrected chi connectivity index (χ4v) is 2.20. The third kappa shape index (κ3) is 5.64. The lowest BCUT2D eigenvalue weighted by Crippen LogP contribution is -2.18. The summed E-state index contributed by atoms with van der Waals surface area (Å²) >= 11 is 0. The van der Waals surface area contributed by atoms with Gasteiger partial charge in [-0.25, -0.2) is 0 Å². The lowest BCUT2D eigenvalue weighted by Gasteiger charge is -2.27. The molecule has 0 aliphatic rings. The summed E-state index contributed by atoms with van der Waals surface area (Å²) in [4.78, 5) is 0. The number of aliphatic hydroxyl groups excluding tert-OH is 1. The molecular formula is C13H28O. The Morgan fingerprint density at radius 1 is 0.929 bits per heavy atom. The number of hydrogen-bond acceptors (Lipinski definition) is 1. The van der Waals surface area contributed by atoms with Crippen molar-refractivity contribution in [1.82, 2.24) is 0 Å². The first-order chi connectivity index (χ1) is 6.49. The van der Waals surface area contributed by atoms with Crippen LogP contribution in [0.2, 0.25) is 0 Å². The highest BCUT2D eigenvalue weighted by atomic mass is 16.2. The first-order valence-electron chi connectivity index (χ1n) is 6.09. The molecule has 14 heavy (non-hydrogen) atoms. The molecule has 3 unspecified atom stereocenters. The molecule has 86 valence electrons. The second kappa shape index (κ2) is 7.28. The van der Waals surface area contributed by atoms with Gasteiger partial charge in [0.1, 0.15) is 0 Å². The zero-order valence-electron chi connectivity index (χ0n) is 10.6. The van der Waals surface area contributed by atoms with Crippen LogP contribution in [-0.4, -0.2) is 11.7 Å². The Bertz CT molecular complexity index is 131. The van der Waals surface area contributed by atoms with Gasteiger partial charge in [0.15, 0.2) is 0 Å². The van der Waals surface area contributed by atoms with Gasteiger partial charge in [-0.15, -0.1) is 0 Å². The van der Waals surface area contributed by atoms with Gasteiger partial charge >= 0.3 is 0 Å². The summed E-state index contributed by atoms with van der Waals surface area (Å²) in [5, 5.41) is 8.78. The molecule has 1 nitrogen and oxygen atoms in total. The van der Waals surface area contributed by atoms with E-state index in [-0.39, 0.29) is 0 Å². The molecule has 1 N–H and O–H groups in total. The minimum absolute atomic E-state index is 0.343. The number of rotatable bonds is 7. The van der Waals surface area contributed by atoms with Crippen molar-refractivity contribution in [3.8, 4) is 0 Å². The average molecular weight is 200 g/mol. The van der Waals surface area contributed by atoms with Crippen LogP contribution >= 0.6 is 0 Å². The fraction of sp³-hybridized carbons (Fsp3) is 1.00. The fourth-order valence-electron chi connectivity index (χ4n) is 2.20. The molecule has 0 spiro atoms. The van der Waals surface area contributed by atoms with E-state index in [0.717, 1.165) is 30.1 Å². The van der Waals surface area contributed by atoms with E-state index in [9.17, 15) is 0 Å². The minimum atomic E-state index is 0.343. The van der Waals surface area contributed by atoms with Crippen molar-refractivity contribution in [3.63, 3.8) is 0 Å². The van der Waals surface area contributed by atoms with Crippen molar-refractivity contribution < 1.29 is 5.11 Å². The van der Waals surface area contributed by atoms with Crippen LogP contribution in [0.4, 0.5) is 0 Å². The van der Waals surface area contributed by atoms with E-state index in [1.54, 1.807) is 0 Å². The second-order valence-electron chi connectivity index (χ2n) is 5.31. The quantitative estimate of drug-likeness (QED) is 0.664. The van der Waals surface area contributed by atoms with Crippen molar-refractivity contribution >= 4 is 0 Å². The molecular weight excluding hydrogens is 172 g/mol. The third-order valence-corrected chi connectivity index (χ3v) is 3.46. The summed E-state index contributed by atoms with van der Waals surface area (Å²) in [5.41, 5.74) is 0. The summed E-state index contributed by atoms with van der Waals surface area (Å²) in [6.07, 6.45) is 3.45. The molecule has 0 aliphatic heterocycles. The van der Waals surface area contributed by atoms with E-state index in [1.165, 1.54) is 12.8 Å². The molecule has 0 saturated carbocycles. The number of aliphatic hydroxyl groups is 1. The van der Waals surface area contributed by atoms with Crippen LogP contribution in [0, 0.1) is 23.7 Å². The molecule has 0 fully saturated rings. The maximum Gasteiger partial charge on any atom is 0.0431 e. The lowest BCUT2D eigenvalue weighted by molar-refractivity contribution is 0.212. The largest absolute Gasteiger partial charge is 0.396 e.